The number of hydrogen-bond acceptors (Lipinski definition) is 1. The van der Waals surface area contributed by atoms with Crippen LogP contribution in [-0.2, 0) is 6.42 Å². The van der Waals surface area contributed by atoms with Crippen molar-refractivity contribution in [2.75, 3.05) is 19.6 Å². The molecule has 0 bridgehead atoms. The van der Waals surface area contributed by atoms with Gasteiger partial charge in [-0.25, -0.2) is 0 Å². The molecule has 0 spiro atoms. The molecule has 68 valence electrons. The van der Waals surface area contributed by atoms with Crippen molar-refractivity contribution in [1.29, 1.82) is 0 Å². The van der Waals surface area contributed by atoms with E-state index in [1.165, 1.54) is 37.2 Å². The Balaban J connectivity index is 1.91. The van der Waals surface area contributed by atoms with Gasteiger partial charge in [0.15, 0.2) is 0 Å². The molecule has 1 nitrogen and oxygen atoms in total. The second-order valence-corrected chi connectivity index (χ2v) is 3.54. The van der Waals surface area contributed by atoms with Crippen LogP contribution in [0.3, 0.4) is 0 Å². The first-order valence-electron chi connectivity index (χ1n) is 4.82. The molecule has 0 unspecified atom stereocenters. The Kier molecular flexibility index (Phi) is 2.46. The van der Waals surface area contributed by atoms with Crippen LogP contribution in [0.2, 0.25) is 0 Å². The predicted octanol–water partition coefficient (Wildman–Crippen LogP) is 2.19. The van der Waals surface area contributed by atoms with Crippen molar-refractivity contribution >= 4 is 6.08 Å². The van der Waals surface area contributed by atoms with Gasteiger partial charge in [-0.05, 0) is 17.5 Å². The first-order chi connectivity index (χ1) is 6.38. The molecule has 1 fully saturated rings. The Bertz CT molecular complexity index is 282. The molecular weight excluding hydrogens is 158 g/mol. The summed E-state index contributed by atoms with van der Waals surface area (Å²) in [7, 11) is 0. The van der Waals surface area contributed by atoms with E-state index in [0.717, 1.165) is 0 Å². The zero-order chi connectivity index (χ0) is 9.10. The summed E-state index contributed by atoms with van der Waals surface area (Å²) in [4.78, 5) is 2.45. The van der Waals surface area contributed by atoms with Crippen LogP contribution in [0.1, 0.15) is 11.1 Å². The molecule has 1 heteroatoms. The summed E-state index contributed by atoms with van der Waals surface area (Å²) < 4.78 is 0. The summed E-state index contributed by atoms with van der Waals surface area (Å²) in [6.07, 6.45) is 3.06. The summed E-state index contributed by atoms with van der Waals surface area (Å²) in [6, 6.07) is 8.65. The van der Waals surface area contributed by atoms with Crippen LogP contribution in [0.5, 0.6) is 0 Å². The molecule has 0 aliphatic carbocycles. The third-order valence-corrected chi connectivity index (χ3v) is 2.47. The lowest BCUT2D eigenvalue weighted by Gasteiger charge is -2.01. The average Bonchev–Trinajstić information content (AvgIpc) is 2.99. The molecule has 0 N–H and O–H groups in total. The van der Waals surface area contributed by atoms with Crippen molar-refractivity contribution in [3.8, 4) is 0 Å². The van der Waals surface area contributed by atoms with Crippen LogP contribution >= 0.6 is 0 Å². The van der Waals surface area contributed by atoms with Gasteiger partial charge in [0.25, 0.3) is 0 Å². The predicted molar refractivity (Wildman–Crippen MR) is 56.7 cm³/mol. The Labute approximate surface area is 79.7 Å². The third kappa shape index (κ3) is 2.43. The maximum Gasteiger partial charge on any atom is 0.0110 e. The van der Waals surface area contributed by atoms with Gasteiger partial charge in [0.1, 0.15) is 0 Å². The van der Waals surface area contributed by atoms with Crippen LogP contribution in [0.15, 0.2) is 30.8 Å². The topological polar surface area (TPSA) is 3.01 Å². The third-order valence-electron chi connectivity index (χ3n) is 2.47. The lowest BCUT2D eigenvalue weighted by molar-refractivity contribution is 0.561. The van der Waals surface area contributed by atoms with Gasteiger partial charge < -0.3 is 4.90 Å². The Hall–Kier alpha value is -1.08. The number of rotatable bonds is 4. The van der Waals surface area contributed by atoms with E-state index in [2.05, 4.69) is 35.7 Å². The number of benzene rings is 1. The highest BCUT2D eigenvalue weighted by Crippen LogP contribution is 2.09. The van der Waals surface area contributed by atoms with Gasteiger partial charge in [-0.2, -0.15) is 0 Å². The second-order valence-electron chi connectivity index (χ2n) is 3.54. The quantitative estimate of drug-likeness (QED) is 0.631. The van der Waals surface area contributed by atoms with Crippen LogP contribution in [-0.4, -0.2) is 24.5 Å². The van der Waals surface area contributed by atoms with Gasteiger partial charge in [0.05, 0.1) is 0 Å². The number of nitrogens with zero attached hydrogens (tertiary/aromatic N) is 1. The second kappa shape index (κ2) is 3.75. The van der Waals surface area contributed by atoms with E-state index in [9.17, 15) is 0 Å². The van der Waals surface area contributed by atoms with Gasteiger partial charge in [-0.1, -0.05) is 36.9 Å². The summed E-state index contributed by atoms with van der Waals surface area (Å²) in [5.74, 6) is 0. The molecule has 0 aromatic heterocycles. The molecule has 1 aromatic rings. The SMILES string of the molecule is C=Cc1ccc(CCN2CC2)cc1. The summed E-state index contributed by atoms with van der Waals surface area (Å²) >= 11 is 0. The molecule has 0 saturated carbocycles. The van der Waals surface area contributed by atoms with Crippen molar-refractivity contribution < 1.29 is 0 Å². The van der Waals surface area contributed by atoms with E-state index in [1.807, 2.05) is 6.08 Å². The minimum absolute atomic E-state index is 1.18. The minimum Gasteiger partial charge on any atom is -0.300 e. The summed E-state index contributed by atoms with van der Waals surface area (Å²) in [6.45, 7) is 7.55. The molecular formula is C12H15N. The van der Waals surface area contributed by atoms with E-state index >= 15 is 0 Å². The Morgan fingerprint density at radius 3 is 2.46 bits per heavy atom. The molecule has 1 aliphatic heterocycles. The van der Waals surface area contributed by atoms with E-state index < -0.39 is 0 Å². The largest absolute Gasteiger partial charge is 0.300 e. The highest BCUT2D eigenvalue weighted by atomic mass is 15.2. The number of hydrogen-bond donors (Lipinski definition) is 0. The molecule has 1 aromatic carbocycles. The van der Waals surface area contributed by atoms with Crippen LogP contribution in [0.25, 0.3) is 6.08 Å². The smallest absolute Gasteiger partial charge is 0.0110 e. The molecule has 0 atom stereocenters. The van der Waals surface area contributed by atoms with Crippen molar-refractivity contribution in [3.05, 3.63) is 42.0 Å². The minimum atomic E-state index is 1.18. The van der Waals surface area contributed by atoms with E-state index in [0.29, 0.717) is 0 Å². The fourth-order valence-corrected chi connectivity index (χ4v) is 1.40. The van der Waals surface area contributed by atoms with Gasteiger partial charge >= 0.3 is 0 Å². The van der Waals surface area contributed by atoms with Gasteiger partial charge in [0, 0.05) is 19.6 Å². The molecule has 2 rings (SSSR count). The normalized spacial score (nSPS) is 15.7. The molecule has 0 amide bonds. The molecule has 1 heterocycles. The highest BCUT2D eigenvalue weighted by molar-refractivity contribution is 5.47. The van der Waals surface area contributed by atoms with E-state index in [-0.39, 0.29) is 0 Å². The van der Waals surface area contributed by atoms with Crippen LogP contribution in [0.4, 0.5) is 0 Å². The maximum atomic E-state index is 3.74. The van der Waals surface area contributed by atoms with Gasteiger partial charge in [0.2, 0.25) is 0 Å². The highest BCUT2D eigenvalue weighted by Gasteiger charge is 2.15. The Morgan fingerprint density at radius 2 is 1.92 bits per heavy atom. The van der Waals surface area contributed by atoms with Crippen molar-refractivity contribution in [3.63, 3.8) is 0 Å². The molecule has 1 saturated heterocycles. The monoisotopic (exact) mass is 173 g/mol. The zero-order valence-corrected chi connectivity index (χ0v) is 7.87. The maximum absolute atomic E-state index is 3.74. The average molecular weight is 173 g/mol. The summed E-state index contributed by atoms with van der Waals surface area (Å²) in [5.41, 5.74) is 2.63. The standard InChI is InChI=1S/C12H15N/c1-2-11-3-5-12(6-4-11)7-8-13-9-10-13/h2-6H,1,7-10H2. The summed E-state index contributed by atoms with van der Waals surface area (Å²) in [5, 5.41) is 0. The van der Waals surface area contributed by atoms with Gasteiger partial charge in [-0.15, -0.1) is 0 Å². The lowest BCUT2D eigenvalue weighted by Crippen LogP contribution is -2.02. The van der Waals surface area contributed by atoms with Crippen LogP contribution in [0, 0.1) is 0 Å². The Morgan fingerprint density at radius 1 is 1.23 bits per heavy atom. The van der Waals surface area contributed by atoms with Crippen molar-refractivity contribution in [2.24, 2.45) is 0 Å². The lowest BCUT2D eigenvalue weighted by atomic mass is 10.1. The van der Waals surface area contributed by atoms with Crippen LogP contribution < -0.4 is 0 Å². The fourth-order valence-electron chi connectivity index (χ4n) is 1.40. The fraction of sp³-hybridized carbons (Fsp3) is 0.333. The molecule has 1 aliphatic rings. The van der Waals surface area contributed by atoms with Gasteiger partial charge in [-0.3, -0.25) is 0 Å². The zero-order valence-electron chi connectivity index (χ0n) is 7.87. The van der Waals surface area contributed by atoms with Crippen molar-refractivity contribution in [1.82, 2.24) is 4.90 Å². The van der Waals surface area contributed by atoms with E-state index in [1.54, 1.807) is 0 Å². The van der Waals surface area contributed by atoms with Crippen molar-refractivity contribution in [2.45, 2.75) is 6.42 Å². The van der Waals surface area contributed by atoms with E-state index in [4.69, 9.17) is 0 Å². The molecule has 0 radical (unpaired) electrons. The molecule has 13 heavy (non-hydrogen) atoms. The first-order valence-corrected chi connectivity index (χ1v) is 4.82. The first kappa shape index (κ1) is 8.52.